The topological polar surface area (TPSA) is 20.3 Å². The first-order valence-corrected chi connectivity index (χ1v) is 6.72. The standard InChI is InChI=1S/C11H22BrNO/c1-3-9-13(10-4-2)11(14)7-5-6-8-12/h3-10H2,1-2H3. The monoisotopic (exact) mass is 263 g/mol. The van der Waals surface area contributed by atoms with E-state index < -0.39 is 0 Å². The number of hydrogen-bond donors (Lipinski definition) is 0. The van der Waals surface area contributed by atoms with Crippen LogP contribution in [0.4, 0.5) is 0 Å². The predicted octanol–water partition coefficient (Wildman–Crippen LogP) is 3.20. The summed E-state index contributed by atoms with van der Waals surface area (Å²) < 4.78 is 0. The minimum Gasteiger partial charge on any atom is -0.343 e. The number of carbonyl (C=O) groups is 1. The molecule has 0 aliphatic rings. The maximum Gasteiger partial charge on any atom is 0.222 e. The minimum atomic E-state index is 0.328. The molecule has 0 radical (unpaired) electrons. The van der Waals surface area contributed by atoms with Gasteiger partial charge >= 0.3 is 0 Å². The highest BCUT2D eigenvalue weighted by Gasteiger charge is 2.10. The van der Waals surface area contributed by atoms with Crippen LogP contribution in [0.2, 0.25) is 0 Å². The molecule has 0 aromatic heterocycles. The molecule has 0 heterocycles. The second-order valence-electron chi connectivity index (χ2n) is 3.53. The molecular formula is C11H22BrNO. The van der Waals surface area contributed by atoms with Crippen LogP contribution < -0.4 is 0 Å². The maximum absolute atomic E-state index is 11.7. The number of rotatable bonds is 8. The fourth-order valence-corrected chi connectivity index (χ4v) is 1.83. The average molecular weight is 264 g/mol. The fourth-order valence-electron chi connectivity index (χ4n) is 1.43. The number of halogens is 1. The summed E-state index contributed by atoms with van der Waals surface area (Å²) in [5.41, 5.74) is 0. The first-order chi connectivity index (χ1) is 6.76. The summed E-state index contributed by atoms with van der Waals surface area (Å²) in [4.78, 5) is 13.7. The Morgan fingerprint density at radius 1 is 1.14 bits per heavy atom. The van der Waals surface area contributed by atoms with Gasteiger partial charge in [0.25, 0.3) is 0 Å². The lowest BCUT2D eigenvalue weighted by atomic mass is 10.2. The van der Waals surface area contributed by atoms with Crippen LogP contribution in [-0.2, 0) is 4.79 Å². The molecule has 0 aromatic rings. The van der Waals surface area contributed by atoms with Gasteiger partial charge in [-0.15, -0.1) is 0 Å². The van der Waals surface area contributed by atoms with E-state index in [0.29, 0.717) is 12.3 Å². The van der Waals surface area contributed by atoms with Gasteiger partial charge in [0.05, 0.1) is 0 Å². The van der Waals surface area contributed by atoms with E-state index in [-0.39, 0.29) is 0 Å². The Morgan fingerprint density at radius 2 is 1.71 bits per heavy atom. The van der Waals surface area contributed by atoms with Crippen molar-refractivity contribution < 1.29 is 4.79 Å². The van der Waals surface area contributed by atoms with E-state index in [1.807, 2.05) is 4.90 Å². The zero-order valence-corrected chi connectivity index (χ0v) is 11.0. The number of nitrogens with zero attached hydrogens (tertiary/aromatic N) is 1. The molecular weight excluding hydrogens is 242 g/mol. The van der Waals surface area contributed by atoms with Gasteiger partial charge in [0, 0.05) is 24.8 Å². The molecule has 14 heavy (non-hydrogen) atoms. The van der Waals surface area contributed by atoms with Crippen molar-refractivity contribution in [2.24, 2.45) is 0 Å². The highest BCUT2D eigenvalue weighted by molar-refractivity contribution is 9.09. The molecule has 0 atom stereocenters. The first kappa shape index (κ1) is 13.9. The average Bonchev–Trinajstić information content (AvgIpc) is 2.18. The van der Waals surface area contributed by atoms with Crippen LogP contribution >= 0.6 is 15.9 Å². The molecule has 3 heteroatoms. The van der Waals surface area contributed by atoms with Crippen LogP contribution in [0.3, 0.4) is 0 Å². The summed E-state index contributed by atoms with van der Waals surface area (Å²) in [6.45, 7) is 6.07. The highest BCUT2D eigenvalue weighted by Crippen LogP contribution is 2.04. The summed E-state index contributed by atoms with van der Waals surface area (Å²) in [6.07, 6.45) is 4.94. The van der Waals surface area contributed by atoms with Crippen molar-refractivity contribution in [2.45, 2.75) is 46.0 Å². The summed E-state index contributed by atoms with van der Waals surface area (Å²) in [7, 11) is 0. The van der Waals surface area contributed by atoms with Gasteiger partial charge in [-0.1, -0.05) is 29.8 Å². The van der Waals surface area contributed by atoms with Crippen molar-refractivity contribution >= 4 is 21.8 Å². The Hall–Kier alpha value is -0.0500. The first-order valence-electron chi connectivity index (χ1n) is 5.60. The van der Waals surface area contributed by atoms with E-state index in [2.05, 4.69) is 29.8 Å². The summed E-state index contributed by atoms with van der Waals surface area (Å²) in [6, 6.07) is 0. The third-order valence-corrected chi connectivity index (χ3v) is 2.67. The Kier molecular flexibility index (Phi) is 9.47. The van der Waals surface area contributed by atoms with Crippen LogP contribution in [0, 0.1) is 0 Å². The van der Waals surface area contributed by atoms with E-state index in [1.54, 1.807) is 0 Å². The zero-order valence-electron chi connectivity index (χ0n) is 9.39. The fraction of sp³-hybridized carbons (Fsp3) is 0.909. The molecule has 0 bridgehead atoms. The number of amides is 1. The lowest BCUT2D eigenvalue weighted by Gasteiger charge is -2.21. The van der Waals surface area contributed by atoms with Crippen molar-refractivity contribution in [1.82, 2.24) is 4.90 Å². The van der Waals surface area contributed by atoms with Crippen LogP contribution in [0.15, 0.2) is 0 Å². The van der Waals surface area contributed by atoms with Gasteiger partial charge in [-0.3, -0.25) is 4.79 Å². The lowest BCUT2D eigenvalue weighted by molar-refractivity contribution is -0.131. The number of unbranched alkanes of at least 4 members (excludes halogenated alkanes) is 1. The molecule has 0 saturated carbocycles. The smallest absolute Gasteiger partial charge is 0.222 e. The van der Waals surface area contributed by atoms with Crippen molar-refractivity contribution in [3.05, 3.63) is 0 Å². The molecule has 2 nitrogen and oxygen atoms in total. The second kappa shape index (κ2) is 9.50. The second-order valence-corrected chi connectivity index (χ2v) is 4.32. The van der Waals surface area contributed by atoms with Gasteiger partial charge in [-0.2, -0.15) is 0 Å². The Labute approximate surface area is 96.2 Å². The summed E-state index contributed by atoms with van der Waals surface area (Å²) in [5.74, 6) is 0.328. The molecule has 0 rings (SSSR count). The molecule has 0 aliphatic heterocycles. The van der Waals surface area contributed by atoms with E-state index in [1.165, 1.54) is 0 Å². The SMILES string of the molecule is CCCN(CCC)C(=O)CCCCBr. The Balaban J connectivity index is 3.76. The molecule has 0 fully saturated rings. The molecule has 0 aliphatic carbocycles. The van der Waals surface area contributed by atoms with Crippen molar-refractivity contribution in [3.63, 3.8) is 0 Å². The van der Waals surface area contributed by atoms with Gasteiger partial charge in [-0.25, -0.2) is 0 Å². The maximum atomic E-state index is 11.7. The third kappa shape index (κ3) is 6.41. The van der Waals surface area contributed by atoms with Crippen LogP contribution in [0.25, 0.3) is 0 Å². The van der Waals surface area contributed by atoms with E-state index in [4.69, 9.17) is 0 Å². The van der Waals surface area contributed by atoms with Crippen molar-refractivity contribution in [3.8, 4) is 0 Å². The van der Waals surface area contributed by atoms with Gasteiger partial charge in [0.2, 0.25) is 5.91 Å². The normalized spacial score (nSPS) is 10.2. The Bertz CT molecular complexity index is 144. The molecule has 0 aromatic carbocycles. The van der Waals surface area contributed by atoms with Crippen LogP contribution in [0.1, 0.15) is 46.0 Å². The molecule has 84 valence electrons. The molecule has 0 unspecified atom stereocenters. The van der Waals surface area contributed by atoms with Gasteiger partial charge in [-0.05, 0) is 25.7 Å². The van der Waals surface area contributed by atoms with Crippen molar-refractivity contribution in [1.29, 1.82) is 0 Å². The zero-order chi connectivity index (χ0) is 10.8. The number of alkyl halides is 1. The van der Waals surface area contributed by atoms with E-state index >= 15 is 0 Å². The van der Waals surface area contributed by atoms with Gasteiger partial charge in [0.15, 0.2) is 0 Å². The molecule has 0 N–H and O–H groups in total. The molecule has 0 saturated heterocycles. The predicted molar refractivity (Wildman–Crippen MR) is 64.8 cm³/mol. The third-order valence-electron chi connectivity index (χ3n) is 2.11. The Morgan fingerprint density at radius 3 is 2.14 bits per heavy atom. The van der Waals surface area contributed by atoms with Gasteiger partial charge < -0.3 is 4.90 Å². The van der Waals surface area contributed by atoms with E-state index in [0.717, 1.165) is 44.1 Å². The molecule has 1 amide bonds. The quantitative estimate of drug-likeness (QED) is 0.487. The van der Waals surface area contributed by atoms with E-state index in [9.17, 15) is 4.79 Å². The summed E-state index contributed by atoms with van der Waals surface area (Å²) in [5, 5.41) is 1.00. The van der Waals surface area contributed by atoms with Crippen molar-refractivity contribution in [2.75, 3.05) is 18.4 Å². The molecule has 0 spiro atoms. The largest absolute Gasteiger partial charge is 0.343 e. The van der Waals surface area contributed by atoms with Gasteiger partial charge in [0.1, 0.15) is 0 Å². The minimum absolute atomic E-state index is 0.328. The number of hydrogen-bond acceptors (Lipinski definition) is 1. The highest BCUT2D eigenvalue weighted by atomic mass is 79.9. The summed E-state index contributed by atoms with van der Waals surface area (Å²) >= 11 is 3.37. The van der Waals surface area contributed by atoms with Crippen LogP contribution in [-0.4, -0.2) is 29.2 Å². The lowest BCUT2D eigenvalue weighted by Crippen LogP contribution is -2.32. The number of carbonyl (C=O) groups excluding carboxylic acids is 1. The van der Waals surface area contributed by atoms with Crippen LogP contribution in [0.5, 0.6) is 0 Å².